The molecule has 0 aliphatic heterocycles. The first-order chi connectivity index (χ1) is 9.08. The zero-order valence-corrected chi connectivity index (χ0v) is 10.3. The first-order valence-corrected chi connectivity index (χ1v) is 5.62. The number of benzene rings is 1. The summed E-state index contributed by atoms with van der Waals surface area (Å²) in [4.78, 5) is 26.0. The smallest absolute Gasteiger partial charge is 0.354 e. The molecule has 2 aromatic rings. The van der Waals surface area contributed by atoms with Crippen LogP contribution in [0.25, 0.3) is 0 Å². The van der Waals surface area contributed by atoms with Gasteiger partial charge in [0.25, 0.3) is 0 Å². The minimum absolute atomic E-state index is 0.143. The van der Waals surface area contributed by atoms with Crippen LogP contribution in [0, 0.1) is 0 Å². The van der Waals surface area contributed by atoms with Gasteiger partial charge in [0.2, 0.25) is 0 Å². The number of aromatic carboxylic acids is 1. The highest BCUT2D eigenvalue weighted by atomic mass is 35.5. The monoisotopic (exact) mass is 277 g/mol. The largest absolute Gasteiger partial charge is 0.477 e. The summed E-state index contributed by atoms with van der Waals surface area (Å²) < 4.78 is 5.07. The van der Waals surface area contributed by atoms with Crippen LogP contribution in [-0.4, -0.2) is 22.0 Å². The summed E-state index contributed by atoms with van der Waals surface area (Å²) in [5, 5.41) is 9.00. The van der Waals surface area contributed by atoms with Gasteiger partial charge in [-0.1, -0.05) is 23.7 Å². The second-order valence-electron chi connectivity index (χ2n) is 3.56. The molecular weight excluding hydrogens is 270 g/mol. The van der Waals surface area contributed by atoms with Crippen molar-refractivity contribution in [3.05, 3.63) is 58.9 Å². The number of hydrogen-bond acceptors (Lipinski definition) is 4. The maximum absolute atomic E-state index is 11.8. The highest BCUT2D eigenvalue weighted by molar-refractivity contribution is 6.32. The van der Waals surface area contributed by atoms with Crippen LogP contribution in [0.15, 0.2) is 42.6 Å². The first-order valence-electron chi connectivity index (χ1n) is 5.24. The number of halogens is 1. The van der Waals surface area contributed by atoms with Crippen molar-refractivity contribution in [2.45, 2.75) is 0 Å². The van der Waals surface area contributed by atoms with E-state index in [2.05, 4.69) is 4.98 Å². The second kappa shape index (κ2) is 5.49. The lowest BCUT2D eigenvalue weighted by Crippen LogP contribution is -2.10. The molecular formula is C13H8ClNO4. The average Bonchev–Trinajstić information content (AvgIpc) is 2.41. The van der Waals surface area contributed by atoms with E-state index in [0.717, 1.165) is 6.20 Å². The Morgan fingerprint density at radius 1 is 1.16 bits per heavy atom. The fraction of sp³-hybridized carbons (Fsp3) is 0. The summed E-state index contributed by atoms with van der Waals surface area (Å²) in [6, 6.07) is 9.10. The average molecular weight is 278 g/mol. The zero-order chi connectivity index (χ0) is 13.8. The number of carboxylic acid groups (broad SMARTS) is 1. The summed E-state index contributed by atoms with van der Waals surface area (Å²) in [5.41, 5.74) is -0.000728. The first kappa shape index (κ1) is 13.0. The van der Waals surface area contributed by atoms with Crippen LogP contribution in [0.4, 0.5) is 0 Å². The molecule has 5 nitrogen and oxygen atoms in total. The second-order valence-corrected chi connectivity index (χ2v) is 3.96. The van der Waals surface area contributed by atoms with Crippen LogP contribution in [0.3, 0.4) is 0 Å². The van der Waals surface area contributed by atoms with E-state index in [4.69, 9.17) is 21.4 Å². The Morgan fingerprint density at radius 3 is 2.47 bits per heavy atom. The van der Waals surface area contributed by atoms with E-state index >= 15 is 0 Å². The Kier molecular flexibility index (Phi) is 3.77. The maximum Gasteiger partial charge on any atom is 0.354 e. The number of carboxylic acids is 1. The van der Waals surface area contributed by atoms with Crippen molar-refractivity contribution in [2.75, 3.05) is 0 Å². The van der Waals surface area contributed by atoms with Crippen molar-refractivity contribution in [3.63, 3.8) is 0 Å². The van der Waals surface area contributed by atoms with E-state index in [1.165, 1.54) is 12.1 Å². The Balaban J connectivity index is 2.16. The van der Waals surface area contributed by atoms with Gasteiger partial charge in [0, 0.05) is 6.20 Å². The standard InChI is InChI=1S/C13H8ClNO4/c14-9-3-1-2-4-11(9)19-13(18)8-5-6-10(12(16)17)15-7-8/h1-7H,(H,16,17). The zero-order valence-electron chi connectivity index (χ0n) is 9.54. The number of nitrogens with zero attached hydrogens (tertiary/aromatic N) is 1. The molecule has 0 aliphatic rings. The van der Waals surface area contributed by atoms with E-state index in [1.807, 2.05) is 0 Å². The fourth-order valence-electron chi connectivity index (χ4n) is 1.33. The van der Waals surface area contributed by atoms with Crippen LogP contribution < -0.4 is 4.74 Å². The molecule has 19 heavy (non-hydrogen) atoms. The molecule has 1 aromatic heterocycles. The number of esters is 1. The molecule has 1 aromatic carbocycles. The van der Waals surface area contributed by atoms with Gasteiger partial charge in [-0.25, -0.2) is 14.6 Å². The SMILES string of the molecule is O=C(Oc1ccccc1Cl)c1ccc(C(=O)O)nc1. The molecule has 0 radical (unpaired) electrons. The fourth-order valence-corrected chi connectivity index (χ4v) is 1.50. The summed E-state index contributed by atoms with van der Waals surface area (Å²) in [6.07, 6.45) is 1.14. The summed E-state index contributed by atoms with van der Waals surface area (Å²) in [7, 11) is 0. The molecule has 0 atom stereocenters. The van der Waals surface area contributed by atoms with Crippen LogP contribution in [0.2, 0.25) is 5.02 Å². The van der Waals surface area contributed by atoms with Crippen molar-refractivity contribution in [2.24, 2.45) is 0 Å². The Labute approximate surface area is 113 Å². The number of para-hydroxylation sites is 1. The van der Waals surface area contributed by atoms with Crippen molar-refractivity contribution < 1.29 is 19.4 Å². The van der Waals surface area contributed by atoms with Gasteiger partial charge in [0.05, 0.1) is 10.6 Å². The van der Waals surface area contributed by atoms with Gasteiger partial charge in [-0.15, -0.1) is 0 Å². The predicted molar refractivity (Wildman–Crippen MR) is 67.6 cm³/mol. The molecule has 0 fully saturated rings. The van der Waals surface area contributed by atoms with Gasteiger partial charge in [-0.2, -0.15) is 0 Å². The highest BCUT2D eigenvalue weighted by Gasteiger charge is 2.12. The van der Waals surface area contributed by atoms with Crippen molar-refractivity contribution >= 4 is 23.5 Å². The Hall–Kier alpha value is -2.40. The van der Waals surface area contributed by atoms with Crippen LogP contribution >= 0.6 is 11.6 Å². The van der Waals surface area contributed by atoms with E-state index in [0.29, 0.717) is 5.02 Å². The molecule has 2 rings (SSSR count). The van der Waals surface area contributed by atoms with Gasteiger partial charge < -0.3 is 9.84 Å². The number of carbonyl (C=O) groups is 2. The van der Waals surface area contributed by atoms with Gasteiger partial charge >= 0.3 is 11.9 Å². The van der Waals surface area contributed by atoms with Crippen LogP contribution in [0.5, 0.6) is 5.75 Å². The summed E-state index contributed by atoms with van der Waals surface area (Å²) in [6.45, 7) is 0. The molecule has 1 N–H and O–H groups in total. The molecule has 0 saturated heterocycles. The molecule has 0 unspecified atom stereocenters. The lowest BCUT2D eigenvalue weighted by molar-refractivity contribution is 0.0685. The number of aromatic nitrogens is 1. The molecule has 0 saturated carbocycles. The highest BCUT2D eigenvalue weighted by Crippen LogP contribution is 2.23. The van der Waals surface area contributed by atoms with Gasteiger partial charge in [-0.05, 0) is 24.3 Å². The molecule has 96 valence electrons. The molecule has 6 heteroatoms. The third kappa shape index (κ3) is 3.08. The molecule has 0 spiro atoms. The molecule has 0 aliphatic carbocycles. The quantitative estimate of drug-likeness (QED) is 0.689. The third-order valence-electron chi connectivity index (χ3n) is 2.26. The van der Waals surface area contributed by atoms with Gasteiger partial charge in [-0.3, -0.25) is 0 Å². The summed E-state index contributed by atoms with van der Waals surface area (Å²) in [5.74, 6) is -1.58. The number of carbonyl (C=O) groups excluding carboxylic acids is 1. The topological polar surface area (TPSA) is 76.5 Å². The minimum Gasteiger partial charge on any atom is -0.477 e. The van der Waals surface area contributed by atoms with E-state index in [1.54, 1.807) is 24.3 Å². The van der Waals surface area contributed by atoms with E-state index < -0.39 is 11.9 Å². The maximum atomic E-state index is 11.8. The van der Waals surface area contributed by atoms with E-state index in [9.17, 15) is 9.59 Å². The Bertz CT molecular complexity index is 625. The van der Waals surface area contributed by atoms with Crippen molar-refractivity contribution in [3.8, 4) is 5.75 Å². The normalized spacial score (nSPS) is 9.95. The summed E-state index contributed by atoms with van der Waals surface area (Å²) >= 11 is 5.85. The lowest BCUT2D eigenvalue weighted by Gasteiger charge is -2.05. The van der Waals surface area contributed by atoms with Crippen molar-refractivity contribution in [1.29, 1.82) is 0 Å². The van der Waals surface area contributed by atoms with Crippen molar-refractivity contribution in [1.82, 2.24) is 4.98 Å². The van der Waals surface area contributed by atoms with Gasteiger partial charge in [0.15, 0.2) is 0 Å². The van der Waals surface area contributed by atoms with Crippen LogP contribution in [-0.2, 0) is 0 Å². The van der Waals surface area contributed by atoms with Crippen LogP contribution in [0.1, 0.15) is 20.8 Å². The van der Waals surface area contributed by atoms with E-state index in [-0.39, 0.29) is 17.0 Å². The number of hydrogen-bond donors (Lipinski definition) is 1. The number of pyridine rings is 1. The molecule has 0 bridgehead atoms. The molecule has 0 amide bonds. The Morgan fingerprint density at radius 2 is 1.89 bits per heavy atom. The number of ether oxygens (including phenoxy) is 1. The van der Waals surface area contributed by atoms with Gasteiger partial charge in [0.1, 0.15) is 11.4 Å². The predicted octanol–water partition coefficient (Wildman–Crippen LogP) is 2.65. The number of rotatable bonds is 3. The lowest BCUT2D eigenvalue weighted by atomic mass is 10.2. The minimum atomic E-state index is -1.16. The molecule has 1 heterocycles. The third-order valence-corrected chi connectivity index (χ3v) is 2.57.